The second-order valence-electron chi connectivity index (χ2n) is 4.79. The molecule has 5 N–H and O–H groups in total. The maximum absolute atomic E-state index is 11.7. The molecule has 0 saturated heterocycles. The van der Waals surface area contributed by atoms with Gasteiger partial charge in [0.05, 0.1) is 12.0 Å². The van der Waals surface area contributed by atoms with Crippen LogP contribution < -0.4 is 10.5 Å². The zero-order valence-corrected chi connectivity index (χ0v) is 12.4. The molecule has 0 heterocycles. The minimum atomic E-state index is -1.02. The molecule has 0 amide bonds. The Morgan fingerprint density at radius 1 is 1.22 bits per heavy atom. The first-order valence-electron chi connectivity index (χ1n) is 6.97. The van der Waals surface area contributed by atoms with Crippen molar-refractivity contribution in [3.05, 3.63) is 29.8 Å². The summed E-state index contributed by atoms with van der Waals surface area (Å²) in [6, 6.07) is 5.72. The molecule has 23 heavy (non-hydrogen) atoms. The summed E-state index contributed by atoms with van der Waals surface area (Å²) in [6.07, 6.45) is 1.02. The second kappa shape index (κ2) is 9.87. The average Bonchev–Trinajstić information content (AvgIpc) is 2.50. The van der Waals surface area contributed by atoms with Gasteiger partial charge in [0, 0.05) is 6.42 Å². The van der Waals surface area contributed by atoms with Crippen LogP contribution in [0.15, 0.2) is 24.3 Å². The third-order valence-electron chi connectivity index (χ3n) is 2.93. The molecule has 0 radical (unpaired) electrons. The summed E-state index contributed by atoms with van der Waals surface area (Å²) >= 11 is 0. The molecule has 0 aromatic heterocycles. The van der Waals surface area contributed by atoms with Gasteiger partial charge in [-0.05, 0) is 37.0 Å². The van der Waals surface area contributed by atoms with E-state index < -0.39 is 18.0 Å². The fourth-order valence-corrected chi connectivity index (χ4v) is 1.74. The number of nitrogens with two attached hydrogens (primary N) is 1. The van der Waals surface area contributed by atoms with Crippen molar-refractivity contribution in [3.8, 4) is 5.75 Å². The standard InChI is InChI=1S/C14H20N2O7/c15-12(7-8-13(17)18)14(19)23-11-5-3-10(4-6-11)2-1-9-22-16(20)21/h3-6,12,20-21H,1-2,7-9,15H2,(H,17,18). The molecule has 0 aliphatic carbocycles. The number of benzene rings is 1. The van der Waals surface area contributed by atoms with Gasteiger partial charge in [-0.1, -0.05) is 12.1 Å². The number of carboxylic acids is 1. The molecule has 1 atom stereocenters. The van der Waals surface area contributed by atoms with Gasteiger partial charge in [-0.15, -0.1) is 0 Å². The molecule has 1 aromatic carbocycles. The summed E-state index contributed by atoms with van der Waals surface area (Å²) in [7, 11) is 0. The van der Waals surface area contributed by atoms with Crippen LogP contribution in [0.5, 0.6) is 5.75 Å². The van der Waals surface area contributed by atoms with E-state index in [4.69, 9.17) is 26.0 Å². The number of aryl methyl sites for hydroxylation is 1. The third-order valence-corrected chi connectivity index (χ3v) is 2.93. The molecule has 9 heteroatoms. The number of rotatable bonds is 10. The highest BCUT2D eigenvalue weighted by molar-refractivity contribution is 5.78. The van der Waals surface area contributed by atoms with Gasteiger partial charge < -0.3 is 15.6 Å². The van der Waals surface area contributed by atoms with E-state index in [1.807, 2.05) is 0 Å². The fourth-order valence-electron chi connectivity index (χ4n) is 1.74. The lowest BCUT2D eigenvalue weighted by molar-refractivity contribution is -0.492. The van der Waals surface area contributed by atoms with Crippen molar-refractivity contribution in [2.24, 2.45) is 5.73 Å². The lowest BCUT2D eigenvalue weighted by atomic mass is 10.1. The van der Waals surface area contributed by atoms with Gasteiger partial charge in [0.2, 0.25) is 0 Å². The Bertz CT molecular complexity index is 504. The fraction of sp³-hybridized carbons (Fsp3) is 0.429. The van der Waals surface area contributed by atoms with Crippen LogP contribution in [-0.4, -0.2) is 45.5 Å². The van der Waals surface area contributed by atoms with Crippen LogP contribution in [0.4, 0.5) is 0 Å². The number of carbonyl (C=O) groups excluding carboxylic acids is 1. The summed E-state index contributed by atoms with van der Waals surface area (Å²) in [5.41, 5.74) is 6.50. The van der Waals surface area contributed by atoms with Crippen LogP contribution in [-0.2, 0) is 20.8 Å². The normalized spacial score (nSPS) is 12.2. The number of hydrogen-bond donors (Lipinski definition) is 4. The summed E-state index contributed by atoms with van der Waals surface area (Å²) in [5, 5.41) is 24.9. The average molecular weight is 328 g/mol. The monoisotopic (exact) mass is 328 g/mol. The van der Waals surface area contributed by atoms with Crippen LogP contribution in [0.25, 0.3) is 0 Å². The van der Waals surface area contributed by atoms with Crippen molar-refractivity contribution in [1.29, 1.82) is 0 Å². The third kappa shape index (κ3) is 8.24. The van der Waals surface area contributed by atoms with Crippen molar-refractivity contribution in [2.45, 2.75) is 31.7 Å². The number of hydrogen-bond acceptors (Lipinski definition) is 8. The van der Waals surface area contributed by atoms with Gasteiger partial charge in [-0.3, -0.25) is 20.0 Å². The van der Waals surface area contributed by atoms with E-state index in [0.717, 1.165) is 5.56 Å². The molecule has 1 aromatic rings. The molecule has 9 nitrogen and oxygen atoms in total. The zero-order valence-electron chi connectivity index (χ0n) is 12.4. The summed E-state index contributed by atoms with van der Waals surface area (Å²) in [6.45, 7) is 0.141. The molecular weight excluding hydrogens is 308 g/mol. The first kappa shape index (κ1) is 19.0. The number of esters is 1. The number of nitrogens with zero attached hydrogens (tertiary/aromatic N) is 1. The Balaban J connectivity index is 2.38. The summed E-state index contributed by atoms with van der Waals surface area (Å²) in [4.78, 5) is 26.5. The predicted molar refractivity (Wildman–Crippen MR) is 76.6 cm³/mol. The van der Waals surface area contributed by atoms with E-state index in [1.165, 1.54) is 0 Å². The minimum Gasteiger partial charge on any atom is -0.481 e. The highest BCUT2D eigenvalue weighted by atomic mass is 17.1. The molecule has 0 aliphatic rings. The van der Waals surface area contributed by atoms with Gasteiger partial charge in [0.1, 0.15) is 11.8 Å². The molecule has 1 unspecified atom stereocenters. The Hall–Kier alpha value is -2.04. The molecular formula is C14H20N2O7. The highest BCUT2D eigenvalue weighted by Gasteiger charge is 2.17. The van der Waals surface area contributed by atoms with Crippen molar-refractivity contribution in [3.63, 3.8) is 0 Å². The topological polar surface area (TPSA) is 143 Å². The highest BCUT2D eigenvalue weighted by Crippen LogP contribution is 2.14. The molecule has 128 valence electrons. The Labute approximate surface area is 132 Å². The van der Waals surface area contributed by atoms with Gasteiger partial charge >= 0.3 is 11.9 Å². The van der Waals surface area contributed by atoms with E-state index in [2.05, 4.69) is 4.84 Å². The largest absolute Gasteiger partial charge is 0.481 e. The van der Waals surface area contributed by atoms with E-state index in [1.54, 1.807) is 24.3 Å². The maximum Gasteiger partial charge on any atom is 0.328 e. The molecule has 0 aliphatic heterocycles. The first-order chi connectivity index (χ1) is 10.9. The van der Waals surface area contributed by atoms with Gasteiger partial charge in [0.25, 0.3) is 0 Å². The van der Waals surface area contributed by atoms with Crippen LogP contribution in [0.2, 0.25) is 0 Å². The van der Waals surface area contributed by atoms with Crippen molar-refractivity contribution in [2.75, 3.05) is 6.61 Å². The van der Waals surface area contributed by atoms with Gasteiger partial charge in [0.15, 0.2) is 0 Å². The number of carboxylic acid groups (broad SMARTS) is 1. The van der Waals surface area contributed by atoms with Gasteiger partial charge in [-0.2, -0.15) is 0 Å². The van der Waals surface area contributed by atoms with Crippen molar-refractivity contribution in [1.82, 2.24) is 5.39 Å². The van der Waals surface area contributed by atoms with Crippen LogP contribution in [0, 0.1) is 0 Å². The SMILES string of the molecule is NC(CCC(=O)O)C(=O)Oc1ccc(CCCON(O)O)cc1. The van der Waals surface area contributed by atoms with Gasteiger partial charge in [-0.25, -0.2) is 4.79 Å². The Kier molecular flexibility index (Phi) is 8.16. The lowest BCUT2D eigenvalue weighted by Gasteiger charge is -2.10. The van der Waals surface area contributed by atoms with Crippen molar-refractivity contribution >= 4 is 11.9 Å². The van der Waals surface area contributed by atoms with E-state index in [0.29, 0.717) is 18.6 Å². The van der Waals surface area contributed by atoms with Crippen LogP contribution in [0.1, 0.15) is 24.8 Å². The van der Waals surface area contributed by atoms with E-state index >= 15 is 0 Å². The Morgan fingerprint density at radius 3 is 2.43 bits per heavy atom. The predicted octanol–water partition coefficient (Wildman–Crippen LogP) is 0.729. The van der Waals surface area contributed by atoms with E-state index in [-0.39, 0.29) is 24.8 Å². The summed E-state index contributed by atoms with van der Waals surface area (Å²) < 4.78 is 5.07. The molecule has 0 bridgehead atoms. The minimum absolute atomic E-state index is 0.0129. The zero-order chi connectivity index (χ0) is 17.2. The smallest absolute Gasteiger partial charge is 0.328 e. The molecule has 0 fully saturated rings. The van der Waals surface area contributed by atoms with Crippen molar-refractivity contribution < 1.29 is 34.7 Å². The number of carbonyl (C=O) groups is 2. The molecule has 0 saturated carbocycles. The second-order valence-corrected chi connectivity index (χ2v) is 4.79. The number of ether oxygens (including phenoxy) is 1. The first-order valence-corrected chi connectivity index (χ1v) is 6.97. The molecule has 0 spiro atoms. The lowest BCUT2D eigenvalue weighted by Crippen LogP contribution is -2.34. The molecule has 1 rings (SSSR count). The van der Waals surface area contributed by atoms with E-state index in [9.17, 15) is 9.59 Å². The number of aliphatic carboxylic acids is 1. The maximum atomic E-state index is 11.7. The van der Waals surface area contributed by atoms with Crippen LogP contribution in [0.3, 0.4) is 0 Å². The summed E-state index contributed by atoms with van der Waals surface area (Å²) in [5.74, 6) is -1.39. The quantitative estimate of drug-likeness (QED) is 0.211. The Morgan fingerprint density at radius 2 is 1.87 bits per heavy atom. The van der Waals surface area contributed by atoms with Crippen LogP contribution >= 0.6 is 0 Å².